The van der Waals surface area contributed by atoms with Crippen LogP contribution in [-0.2, 0) is 18.4 Å². The maximum absolute atomic E-state index is 4.95. The highest BCUT2D eigenvalue weighted by atomic mass is 32.1. The molecule has 0 radical (unpaired) electrons. The standard InChI is InChI=1S/C17H31N3S/c1-13-6-9-20(10-7-13)11-8-15-19-16(17(2,3)4)14(21-15)12-18-5/h13,18H,6-12H2,1-5H3. The molecule has 1 aromatic rings. The molecule has 21 heavy (non-hydrogen) atoms. The van der Waals surface area contributed by atoms with Gasteiger partial charge in [0.1, 0.15) is 0 Å². The number of nitrogens with zero attached hydrogens (tertiary/aromatic N) is 2. The highest BCUT2D eigenvalue weighted by Crippen LogP contribution is 2.30. The predicted molar refractivity (Wildman–Crippen MR) is 92.1 cm³/mol. The van der Waals surface area contributed by atoms with Crippen LogP contribution in [0.4, 0.5) is 0 Å². The van der Waals surface area contributed by atoms with Crippen molar-refractivity contribution in [3.05, 3.63) is 15.6 Å². The minimum atomic E-state index is 0.140. The molecule has 1 aliphatic heterocycles. The third-order valence-corrected chi connectivity index (χ3v) is 5.42. The van der Waals surface area contributed by atoms with Crippen LogP contribution in [-0.4, -0.2) is 36.6 Å². The summed E-state index contributed by atoms with van der Waals surface area (Å²) in [5.41, 5.74) is 1.42. The van der Waals surface area contributed by atoms with Gasteiger partial charge in [-0.25, -0.2) is 4.98 Å². The van der Waals surface area contributed by atoms with Crippen LogP contribution in [0.25, 0.3) is 0 Å². The number of rotatable bonds is 5. The average molecular weight is 310 g/mol. The van der Waals surface area contributed by atoms with Crippen LogP contribution in [0.2, 0.25) is 0 Å². The summed E-state index contributed by atoms with van der Waals surface area (Å²) >= 11 is 1.90. The summed E-state index contributed by atoms with van der Waals surface area (Å²) < 4.78 is 0. The van der Waals surface area contributed by atoms with Crippen molar-refractivity contribution in [2.24, 2.45) is 5.92 Å². The predicted octanol–water partition coefficient (Wildman–Crippen LogP) is 3.43. The summed E-state index contributed by atoms with van der Waals surface area (Å²) in [6.07, 6.45) is 3.82. The number of hydrogen-bond acceptors (Lipinski definition) is 4. The Balaban J connectivity index is 1.97. The van der Waals surface area contributed by atoms with E-state index in [1.807, 2.05) is 18.4 Å². The Labute approximate surface area is 134 Å². The number of aromatic nitrogens is 1. The van der Waals surface area contributed by atoms with Crippen molar-refractivity contribution in [1.82, 2.24) is 15.2 Å². The van der Waals surface area contributed by atoms with E-state index in [9.17, 15) is 0 Å². The summed E-state index contributed by atoms with van der Waals surface area (Å²) in [4.78, 5) is 8.97. The van der Waals surface area contributed by atoms with Crippen LogP contribution in [0, 0.1) is 5.92 Å². The second-order valence-electron chi connectivity index (χ2n) is 7.43. The molecule has 0 amide bonds. The molecule has 1 aromatic heterocycles. The number of hydrogen-bond donors (Lipinski definition) is 1. The molecule has 0 aliphatic carbocycles. The van der Waals surface area contributed by atoms with Gasteiger partial charge in [0.2, 0.25) is 0 Å². The Morgan fingerprint density at radius 2 is 1.95 bits per heavy atom. The molecule has 1 aliphatic rings. The molecular formula is C17H31N3S. The van der Waals surface area contributed by atoms with Crippen molar-refractivity contribution in [3.63, 3.8) is 0 Å². The van der Waals surface area contributed by atoms with Crippen molar-refractivity contribution in [3.8, 4) is 0 Å². The molecule has 2 rings (SSSR count). The highest BCUT2D eigenvalue weighted by molar-refractivity contribution is 7.11. The Hall–Kier alpha value is -0.450. The van der Waals surface area contributed by atoms with Crippen molar-refractivity contribution in [1.29, 1.82) is 0 Å². The molecule has 0 atom stereocenters. The van der Waals surface area contributed by atoms with E-state index in [-0.39, 0.29) is 5.41 Å². The molecule has 0 spiro atoms. The number of thiazole rings is 1. The van der Waals surface area contributed by atoms with Gasteiger partial charge in [-0.3, -0.25) is 0 Å². The lowest BCUT2D eigenvalue weighted by Gasteiger charge is -2.29. The van der Waals surface area contributed by atoms with Crippen LogP contribution < -0.4 is 5.32 Å². The molecule has 1 saturated heterocycles. The van der Waals surface area contributed by atoms with Crippen molar-refractivity contribution >= 4 is 11.3 Å². The van der Waals surface area contributed by atoms with Crippen LogP contribution in [0.1, 0.15) is 56.1 Å². The third-order valence-electron chi connectivity index (χ3n) is 4.31. The molecule has 0 bridgehead atoms. The summed E-state index contributed by atoms with van der Waals surface area (Å²) in [6.45, 7) is 13.8. The van der Waals surface area contributed by atoms with E-state index in [1.165, 1.54) is 48.1 Å². The Bertz CT molecular complexity index is 439. The fourth-order valence-electron chi connectivity index (χ4n) is 2.91. The van der Waals surface area contributed by atoms with Gasteiger partial charge in [-0.2, -0.15) is 0 Å². The van der Waals surface area contributed by atoms with E-state index >= 15 is 0 Å². The van der Waals surface area contributed by atoms with Crippen LogP contribution in [0.5, 0.6) is 0 Å². The summed E-state index contributed by atoms with van der Waals surface area (Å²) in [7, 11) is 2.01. The van der Waals surface area contributed by atoms with E-state index in [0.29, 0.717) is 0 Å². The van der Waals surface area contributed by atoms with Gasteiger partial charge in [-0.15, -0.1) is 11.3 Å². The Morgan fingerprint density at radius 3 is 2.52 bits per heavy atom. The minimum absolute atomic E-state index is 0.140. The monoisotopic (exact) mass is 309 g/mol. The quantitative estimate of drug-likeness (QED) is 0.903. The number of piperidine rings is 1. The normalized spacial score (nSPS) is 18.3. The molecule has 0 saturated carbocycles. The average Bonchev–Trinajstić information content (AvgIpc) is 2.82. The smallest absolute Gasteiger partial charge is 0.0944 e. The van der Waals surface area contributed by atoms with Crippen LogP contribution in [0.15, 0.2) is 0 Å². The van der Waals surface area contributed by atoms with Crippen molar-refractivity contribution in [2.75, 3.05) is 26.7 Å². The Morgan fingerprint density at radius 1 is 1.29 bits per heavy atom. The van der Waals surface area contributed by atoms with Gasteiger partial charge in [0.15, 0.2) is 0 Å². The van der Waals surface area contributed by atoms with Gasteiger partial charge < -0.3 is 10.2 Å². The first-order valence-corrected chi connectivity index (χ1v) is 9.08. The van der Waals surface area contributed by atoms with Gasteiger partial charge in [0.05, 0.1) is 10.7 Å². The SMILES string of the molecule is CNCc1sc(CCN2CCC(C)CC2)nc1C(C)(C)C. The molecule has 1 N–H and O–H groups in total. The van der Waals surface area contributed by atoms with Crippen molar-refractivity contribution in [2.45, 2.75) is 58.9 Å². The lowest BCUT2D eigenvalue weighted by Crippen LogP contribution is -2.34. The van der Waals surface area contributed by atoms with Crippen molar-refractivity contribution < 1.29 is 0 Å². The lowest BCUT2D eigenvalue weighted by molar-refractivity contribution is 0.194. The first kappa shape index (κ1) is 16.9. The molecule has 1 fully saturated rings. The largest absolute Gasteiger partial charge is 0.315 e. The zero-order valence-electron chi connectivity index (χ0n) is 14.3. The molecule has 0 unspecified atom stereocenters. The van der Waals surface area contributed by atoms with Gasteiger partial charge in [0.25, 0.3) is 0 Å². The first-order chi connectivity index (χ1) is 9.90. The number of nitrogens with one attached hydrogen (secondary N) is 1. The van der Waals surface area contributed by atoms with Crippen LogP contribution in [0.3, 0.4) is 0 Å². The second kappa shape index (κ2) is 7.21. The van der Waals surface area contributed by atoms with E-state index in [4.69, 9.17) is 4.98 Å². The first-order valence-electron chi connectivity index (χ1n) is 8.26. The van der Waals surface area contributed by atoms with E-state index in [0.717, 1.165) is 18.9 Å². The molecular weight excluding hydrogens is 278 g/mol. The maximum atomic E-state index is 4.95. The van der Waals surface area contributed by atoms with Crippen LogP contribution >= 0.6 is 11.3 Å². The molecule has 4 heteroatoms. The zero-order valence-corrected chi connectivity index (χ0v) is 15.1. The second-order valence-corrected chi connectivity index (χ2v) is 8.60. The summed E-state index contributed by atoms with van der Waals surface area (Å²) in [6, 6.07) is 0. The van der Waals surface area contributed by atoms with E-state index in [1.54, 1.807) is 0 Å². The number of likely N-dealkylation sites (tertiary alicyclic amines) is 1. The van der Waals surface area contributed by atoms with Gasteiger partial charge in [-0.1, -0.05) is 27.7 Å². The van der Waals surface area contributed by atoms with Gasteiger partial charge in [-0.05, 0) is 38.9 Å². The third kappa shape index (κ3) is 4.76. The zero-order chi connectivity index (χ0) is 15.5. The van der Waals surface area contributed by atoms with Gasteiger partial charge in [0, 0.05) is 29.8 Å². The minimum Gasteiger partial charge on any atom is -0.315 e. The summed E-state index contributed by atoms with van der Waals surface area (Å²) in [5, 5.41) is 4.59. The van der Waals surface area contributed by atoms with E-state index < -0.39 is 0 Å². The lowest BCUT2D eigenvalue weighted by atomic mass is 9.91. The van der Waals surface area contributed by atoms with Gasteiger partial charge >= 0.3 is 0 Å². The molecule has 3 nitrogen and oxygen atoms in total. The fraction of sp³-hybridized carbons (Fsp3) is 0.824. The van der Waals surface area contributed by atoms with E-state index in [2.05, 4.69) is 37.9 Å². The summed E-state index contributed by atoms with van der Waals surface area (Å²) in [5.74, 6) is 0.913. The topological polar surface area (TPSA) is 28.2 Å². The fourth-order valence-corrected chi connectivity index (χ4v) is 4.19. The highest BCUT2D eigenvalue weighted by Gasteiger charge is 2.23. The molecule has 120 valence electrons. The molecule has 2 heterocycles. The molecule has 0 aromatic carbocycles. The maximum Gasteiger partial charge on any atom is 0.0944 e. The Kier molecular flexibility index (Phi) is 5.81.